The fourth-order valence-corrected chi connectivity index (χ4v) is 2.10. The number of alkyl halides is 6. The number of aromatic nitrogens is 1. The number of hydrogen-bond acceptors (Lipinski definition) is 4. The number of nitrogens with zero attached hydrogens (tertiary/aromatic N) is 1. The average molecular weight is 425 g/mol. The third-order valence-corrected chi connectivity index (χ3v) is 3.50. The number of anilines is 1. The predicted molar refractivity (Wildman–Crippen MR) is 86.0 cm³/mol. The Bertz CT molecular complexity index is 920. The van der Waals surface area contributed by atoms with Gasteiger partial charge in [0.2, 0.25) is 0 Å². The predicted octanol–water partition coefficient (Wildman–Crippen LogP) is 4.99. The number of aliphatic hydroxyl groups is 1. The summed E-state index contributed by atoms with van der Waals surface area (Å²) in [7, 11) is 0. The first-order chi connectivity index (χ1) is 13.3. The maximum Gasteiger partial charge on any atom is 0.432 e. The first-order valence-electron chi connectivity index (χ1n) is 7.59. The van der Waals surface area contributed by atoms with Crippen LogP contribution >= 0.6 is 0 Å². The van der Waals surface area contributed by atoms with Gasteiger partial charge in [-0.15, -0.1) is 0 Å². The summed E-state index contributed by atoms with van der Waals surface area (Å²) < 4.78 is 103. The molecule has 2 rings (SSSR count). The van der Waals surface area contributed by atoms with Crippen molar-refractivity contribution in [3.8, 4) is 0 Å². The molecule has 0 fully saturated rings. The number of allylic oxidation sites excluding steroid dienone is 1. The first-order valence-corrected chi connectivity index (χ1v) is 7.59. The fourth-order valence-electron chi connectivity index (χ4n) is 2.10. The van der Waals surface area contributed by atoms with E-state index in [-0.39, 0.29) is 11.8 Å². The molecule has 0 spiro atoms. The number of rotatable bonds is 5. The van der Waals surface area contributed by atoms with E-state index in [0.29, 0.717) is 24.4 Å². The van der Waals surface area contributed by atoms with Crippen LogP contribution in [0.2, 0.25) is 0 Å². The molecule has 1 unspecified atom stereocenters. The van der Waals surface area contributed by atoms with Crippen molar-refractivity contribution in [2.45, 2.75) is 18.5 Å². The van der Waals surface area contributed by atoms with Gasteiger partial charge in [0, 0.05) is 11.8 Å². The quantitative estimate of drug-likeness (QED) is 0.467. The number of nitrogens with one attached hydrogen (secondary N) is 2. The van der Waals surface area contributed by atoms with Gasteiger partial charge in [-0.25, -0.2) is 8.78 Å². The van der Waals surface area contributed by atoms with Crippen molar-refractivity contribution < 1.29 is 40.2 Å². The zero-order valence-corrected chi connectivity index (χ0v) is 14.0. The van der Waals surface area contributed by atoms with Gasteiger partial charge in [-0.3, -0.25) is 10.4 Å². The van der Waals surface area contributed by atoms with E-state index in [4.69, 9.17) is 5.41 Å². The van der Waals surface area contributed by atoms with Gasteiger partial charge in [0.1, 0.15) is 23.3 Å². The SMILES string of the molecule is N=C(/C=C(\Nc1ccc(C(F)(F)F)cc1)C(O)c1ncc(F)cc1F)C(F)(F)F. The lowest BCUT2D eigenvalue weighted by Crippen LogP contribution is -2.23. The molecule has 1 aromatic carbocycles. The van der Waals surface area contributed by atoms with Crippen LogP contribution in [0.3, 0.4) is 0 Å². The molecule has 0 aliphatic carbocycles. The van der Waals surface area contributed by atoms with Crippen molar-refractivity contribution >= 4 is 11.4 Å². The van der Waals surface area contributed by atoms with Crippen molar-refractivity contribution in [3.63, 3.8) is 0 Å². The second-order valence-electron chi connectivity index (χ2n) is 5.63. The Labute approximate surface area is 158 Å². The van der Waals surface area contributed by atoms with Crippen LogP contribution in [0.5, 0.6) is 0 Å². The molecule has 0 saturated heterocycles. The average Bonchev–Trinajstić information content (AvgIpc) is 2.59. The van der Waals surface area contributed by atoms with E-state index in [1.165, 1.54) is 0 Å². The van der Waals surface area contributed by atoms with Crippen molar-refractivity contribution in [1.29, 1.82) is 5.41 Å². The second-order valence-corrected chi connectivity index (χ2v) is 5.63. The Hall–Kier alpha value is -3.02. The number of hydrogen-bond donors (Lipinski definition) is 3. The third-order valence-electron chi connectivity index (χ3n) is 3.50. The first kappa shape index (κ1) is 22.3. The molecule has 2 aromatic rings. The second kappa shape index (κ2) is 8.15. The van der Waals surface area contributed by atoms with E-state index in [9.17, 15) is 40.2 Å². The molecule has 0 amide bonds. The van der Waals surface area contributed by atoms with Gasteiger partial charge in [-0.2, -0.15) is 26.3 Å². The zero-order chi connectivity index (χ0) is 22.0. The Morgan fingerprint density at radius 1 is 1.07 bits per heavy atom. The highest BCUT2D eigenvalue weighted by Crippen LogP contribution is 2.31. The highest BCUT2D eigenvalue weighted by atomic mass is 19.4. The lowest BCUT2D eigenvalue weighted by atomic mass is 10.1. The Balaban J connectivity index is 2.42. The summed E-state index contributed by atoms with van der Waals surface area (Å²) >= 11 is 0. The van der Waals surface area contributed by atoms with Crippen molar-refractivity contribution in [1.82, 2.24) is 4.98 Å². The lowest BCUT2D eigenvalue weighted by Gasteiger charge is -2.19. The number of benzene rings is 1. The monoisotopic (exact) mass is 425 g/mol. The Morgan fingerprint density at radius 3 is 2.14 bits per heavy atom. The van der Waals surface area contributed by atoms with Crippen LogP contribution in [0, 0.1) is 17.0 Å². The fraction of sp³-hybridized carbons (Fsp3) is 0.176. The van der Waals surface area contributed by atoms with Crippen molar-refractivity contribution in [2.75, 3.05) is 5.32 Å². The highest BCUT2D eigenvalue weighted by Gasteiger charge is 2.34. The van der Waals surface area contributed by atoms with Gasteiger partial charge in [-0.1, -0.05) is 0 Å². The number of halogens is 8. The minimum atomic E-state index is -5.12. The van der Waals surface area contributed by atoms with E-state index < -0.39 is 52.8 Å². The van der Waals surface area contributed by atoms with Crippen LogP contribution in [0.25, 0.3) is 0 Å². The largest absolute Gasteiger partial charge is 0.432 e. The lowest BCUT2D eigenvalue weighted by molar-refractivity contribution is -0.137. The topological polar surface area (TPSA) is 69.0 Å². The molecule has 1 heterocycles. The van der Waals surface area contributed by atoms with Gasteiger partial charge < -0.3 is 10.4 Å². The maximum atomic E-state index is 13.8. The van der Waals surface area contributed by atoms with Crippen LogP contribution in [0.4, 0.5) is 40.8 Å². The van der Waals surface area contributed by atoms with E-state index in [0.717, 1.165) is 12.1 Å². The molecule has 0 aliphatic rings. The molecule has 156 valence electrons. The van der Waals surface area contributed by atoms with E-state index in [1.54, 1.807) is 0 Å². The summed E-state index contributed by atoms with van der Waals surface area (Å²) in [6.07, 6.45) is -11.4. The summed E-state index contributed by atoms with van der Waals surface area (Å²) in [5, 5.41) is 19.4. The molecule has 29 heavy (non-hydrogen) atoms. The molecular formula is C17H11F8N3O. The van der Waals surface area contributed by atoms with E-state index in [1.807, 2.05) is 0 Å². The minimum Gasteiger partial charge on any atom is -0.380 e. The van der Waals surface area contributed by atoms with Gasteiger partial charge in [0.15, 0.2) is 5.82 Å². The molecule has 4 nitrogen and oxygen atoms in total. The van der Waals surface area contributed by atoms with E-state index >= 15 is 0 Å². The zero-order valence-electron chi connectivity index (χ0n) is 14.0. The third kappa shape index (κ3) is 5.73. The standard InChI is InChI=1S/C17H11F8N3O/c18-9-5-11(19)14(27-7-9)15(29)12(6-13(26)17(23,24)25)28-10-3-1-8(2-4-10)16(20,21)22/h1-7,15,26,28-29H/b12-6-,26-13?. The number of aliphatic hydroxyl groups excluding tert-OH is 1. The molecule has 12 heteroatoms. The highest BCUT2D eigenvalue weighted by molar-refractivity contribution is 5.97. The molecule has 1 atom stereocenters. The molecule has 3 N–H and O–H groups in total. The molecular weight excluding hydrogens is 414 g/mol. The van der Waals surface area contributed by atoms with Crippen molar-refractivity contribution in [2.24, 2.45) is 0 Å². The summed E-state index contributed by atoms with van der Waals surface area (Å²) in [6.45, 7) is 0. The van der Waals surface area contributed by atoms with Gasteiger partial charge in [0.05, 0.1) is 17.5 Å². The molecule has 0 saturated carbocycles. The molecule has 0 bridgehead atoms. The van der Waals surface area contributed by atoms with Gasteiger partial charge in [-0.05, 0) is 30.3 Å². The van der Waals surface area contributed by atoms with Crippen LogP contribution in [-0.2, 0) is 6.18 Å². The van der Waals surface area contributed by atoms with Gasteiger partial charge in [0.25, 0.3) is 0 Å². The summed E-state index contributed by atoms with van der Waals surface area (Å²) in [4.78, 5) is 3.27. The van der Waals surface area contributed by atoms with Crippen LogP contribution in [0.1, 0.15) is 17.4 Å². The molecule has 0 radical (unpaired) electrons. The smallest absolute Gasteiger partial charge is 0.380 e. The van der Waals surface area contributed by atoms with E-state index in [2.05, 4.69) is 10.3 Å². The van der Waals surface area contributed by atoms with Crippen LogP contribution in [-0.4, -0.2) is 22.0 Å². The van der Waals surface area contributed by atoms with Gasteiger partial charge >= 0.3 is 12.4 Å². The molecule has 1 aromatic heterocycles. The summed E-state index contributed by atoms with van der Waals surface area (Å²) in [5.74, 6) is -2.49. The molecule has 0 aliphatic heterocycles. The summed E-state index contributed by atoms with van der Waals surface area (Å²) in [6, 6.07) is 3.29. The summed E-state index contributed by atoms with van der Waals surface area (Å²) in [5.41, 5.74) is -4.84. The maximum absolute atomic E-state index is 13.8. The Kier molecular flexibility index (Phi) is 6.26. The Morgan fingerprint density at radius 2 is 1.66 bits per heavy atom. The van der Waals surface area contributed by atoms with Crippen LogP contribution in [0.15, 0.2) is 48.3 Å². The normalized spacial score (nSPS) is 13.9. The van der Waals surface area contributed by atoms with Crippen LogP contribution < -0.4 is 5.32 Å². The number of pyridine rings is 1. The minimum absolute atomic E-state index is 0.118. The van der Waals surface area contributed by atoms with Crippen molar-refractivity contribution in [3.05, 3.63) is 71.2 Å².